The molecular formula is C14H12N2. The molecule has 0 radical (unpaired) electrons. The quantitative estimate of drug-likeness (QED) is 0.529. The fourth-order valence-electron chi connectivity index (χ4n) is 2.24. The summed E-state index contributed by atoms with van der Waals surface area (Å²) >= 11 is 0. The summed E-state index contributed by atoms with van der Waals surface area (Å²) in [6.45, 7) is 4.29. The highest BCUT2D eigenvalue weighted by molar-refractivity contribution is 6.08. The Morgan fingerprint density at radius 3 is 2.38 bits per heavy atom. The first-order chi connectivity index (χ1) is 7.79. The lowest BCUT2D eigenvalue weighted by Crippen LogP contribution is -1.91. The van der Waals surface area contributed by atoms with Crippen LogP contribution < -0.4 is 0 Å². The van der Waals surface area contributed by atoms with E-state index < -0.39 is 0 Å². The van der Waals surface area contributed by atoms with Crippen LogP contribution in [-0.4, -0.2) is 9.97 Å². The number of aromatic nitrogens is 2. The van der Waals surface area contributed by atoms with Crippen LogP contribution in [0.3, 0.4) is 0 Å². The molecule has 0 amide bonds. The number of rotatable bonds is 0. The standard InChI is InChI=1S/C14H12N2/c1-9-10(2)13-7-15-8-16-14(13)12-6-4-3-5-11(9)12/h3-8H,1-2H3. The Balaban J connectivity index is 2.69. The highest BCUT2D eigenvalue weighted by atomic mass is 14.8. The molecular weight excluding hydrogens is 196 g/mol. The average molecular weight is 208 g/mol. The van der Waals surface area contributed by atoms with Crippen molar-refractivity contribution in [2.75, 3.05) is 0 Å². The maximum atomic E-state index is 4.40. The maximum absolute atomic E-state index is 4.40. The van der Waals surface area contributed by atoms with Gasteiger partial charge in [-0.3, -0.25) is 0 Å². The Morgan fingerprint density at radius 2 is 1.56 bits per heavy atom. The van der Waals surface area contributed by atoms with Crippen LogP contribution in [0.15, 0.2) is 36.8 Å². The second-order valence-electron chi connectivity index (χ2n) is 4.08. The van der Waals surface area contributed by atoms with Crippen LogP contribution in [0.2, 0.25) is 0 Å². The number of hydrogen-bond acceptors (Lipinski definition) is 2. The summed E-state index contributed by atoms with van der Waals surface area (Å²) < 4.78 is 0. The minimum absolute atomic E-state index is 1.05. The molecule has 0 aliphatic rings. The van der Waals surface area contributed by atoms with Gasteiger partial charge in [0.15, 0.2) is 0 Å². The summed E-state index contributed by atoms with van der Waals surface area (Å²) in [6, 6.07) is 8.40. The van der Waals surface area contributed by atoms with E-state index in [1.807, 2.05) is 6.20 Å². The second-order valence-corrected chi connectivity index (χ2v) is 4.08. The molecule has 0 saturated heterocycles. The van der Waals surface area contributed by atoms with Crippen LogP contribution in [-0.2, 0) is 0 Å². The number of aryl methyl sites for hydroxylation is 2. The molecule has 0 aliphatic heterocycles. The van der Waals surface area contributed by atoms with Gasteiger partial charge in [0.1, 0.15) is 6.33 Å². The molecule has 2 nitrogen and oxygen atoms in total. The zero-order chi connectivity index (χ0) is 11.1. The van der Waals surface area contributed by atoms with Crippen LogP contribution in [0, 0.1) is 13.8 Å². The summed E-state index contributed by atoms with van der Waals surface area (Å²) in [5.41, 5.74) is 3.64. The predicted molar refractivity (Wildman–Crippen MR) is 66.5 cm³/mol. The van der Waals surface area contributed by atoms with Crippen LogP contribution in [0.5, 0.6) is 0 Å². The van der Waals surface area contributed by atoms with Crippen LogP contribution in [0.4, 0.5) is 0 Å². The fraction of sp³-hybridized carbons (Fsp3) is 0.143. The van der Waals surface area contributed by atoms with Crippen LogP contribution >= 0.6 is 0 Å². The first-order valence-electron chi connectivity index (χ1n) is 5.36. The third-order valence-electron chi connectivity index (χ3n) is 3.26. The van der Waals surface area contributed by atoms with Crippen molar-refractivity contribution in [2.45, 2.75) is 13.8 Å². The molecule has 0 aliphatic carbocycles. The number of hydrogen-bond donors (Lipinski definition) is 0. The van der Waals surface area contributed by atoms with Crippen molar-refractivity contribution in [3.05, 3.63) is 47.9 Å². The lowest BCUT2D eigenvalue weighted by molar-refractivity contribution is 1.22. The smallest absolute Gasteiger partial charge is 0.116 e. The summed E-state index contributed by atoms with van der Waals surface area (Å²) in [5.74, 6) is 0. The number of fused-ring (bicyclic) bond motifs is 3. The minimum atomic E-state index is 1.05. The lowest BCUT2D eigenvalue weighted by Gasteiger charge is -2.10. The second kappa shape index (κ2) is 3.27. The van der Waals surface area contributed by atoms with Gasteiger partial charge < -0.3 is 0 Å². The van der Waals surface area contributed by atoms with Crippen molar-refractivity contribution < 1.29 is 0 Å². The zero-order valence-corrected chi connectivity index (χ0v) is 9.36. The molecule has 0 bridgehead atoms. The van der Waals surface area contributed by atoms with Crippen molar-refractivity contribution in [3.8, 4) is 0 Å². The normalized spacial score (nSPS) is 11.1. The molecule has 3 rings (SSSR count). The maximum Gasteiger partial charge on any atom is 0.116 e. The van der Waals surface area contributed by atoms with E-state index in [4.69, 9.17) is 0 Å². The summed E-state index contributed by atoms with van der Waals surface area (Å²) in [4.78, 5) is 8.51. The summed E-state index contributed by atoms with van der Waals surface area (Å²) in [7, 11) is 0. The third-order valence-corrected chi connectivity index (χ3v) is 3.26. The van der Waals surface area contributed by atoms with Crippen LogP contribution in [0.25, 0.3) is 21.7 Å². The van der Waals surface area contributed by atoms with E-state index >= 15 is 0 Å². The topological polar surface area (TPSA) is 25.8 Å². The fourth-order valence-corrected chi connectivity index (χ4v) is 2.24. The molecule has 1 aromatic heterocycles. The highest BCUT2D eigenvalue weighted by Gasteiger charge is 2.08. The van der Waals surface area contributed by atoms with Gasteiger partial charge in [-0.1, -0.05) is 24.3 Å². The summed E-state index contributed by atoms with van der Waals surface area (Å²) in [5, 5.41) is 3.65. The first-order valence-corrected chi connectivity index (χ1v) is 5.36. The molecule has 0 fully saturated rings. The Morgan fingerprint density at radius 1 is 0.875 bits per heavy atom. The van der Waals surface area contributed by atoms with Gasteiger partial charge in [0.25, 0.3) is 0 Å². The molecule has 1 heterocycles. The Labute approximate surface area is 94.0 Å². The van der Waals surface area contributed by atoms with Crippen molar-refractivity contribution in [1.82, 2.24) is 9.97 Å². The largest absolute Gasteiger partial charge is 0.244 e. The molecule has 2 aromatic carbocycles. The monoisotopic (exact) mass is 208 g/mol. The molecule has 3 aromatic rings. The van der Waals surface area contributed by atoms with E-state index in [0.717, 1.165) is 10.9 Å². The van der Waals surface area contributed by atoms with Crippen LogP contribution in [0.1, 0.15) is 11.1 Å². The van der Waals surface area contributed by atoms with E-state index in [9.17, 15) is 0 Å². The molecule has 0 N–H and O–H groups in total. The van der Waals surface area contributed by atoms with E-state index in [2.05, 4.69) is 48.1 Å². The highest BCUT2D eigenvalue weighted by Crippen LogP contribution is 2.29. The van der Waals surface area contributed by atoms with Gasteiger partial charge in [-0.2, -0.15) is 0 Å². The average Bonchev–Trinajstić information content (AvgIpc) is 2.36. The van der Waals surface area contributed by atoms with Crippen molar-refractivity contribution >= 4 is 21.7 Å². The lowest BCUT2D eigenvalue weighted by atomic mass is 9.97. The number of benzene rings is 2. The molecule has 0 unspecified atom stereocenters. The van der Waals surface area contributed by atoms with Gasteiger partial charge >= 0.3 is 0 Å². The van der Waals surface area contributed by atoms with Crippen molar-refractivity contribution in [3.63, 3.8) is 0 Å². The Kier molecular flexibility index (Phi) is 1.90. The number of nitrogens with zero attached hydrogens (tertiary/aromatic N) is 2. The molecule has 78 valence electrons. The molecule has 0 saturated carbocycles. The third kappa shape index (κ3) is 1.13. The molecule has 2 heteroatoms. The predicted octanol–water partition coefficient (Wildman–Crippen LogP) is 3.40. The molecule has 16 heavy (non-hydrogen) atoms. The van der Waals surface area contributed by atoms with Gasteiger partial charge in [-0.05, 0) is 30.4 Å². The van der Waals surface area contributed by atoms with Gasteiger partial charge in [0.2, 0.25) is 0 Å². The molecule has 0 atom stereocenters. The first kappa shape index (κ1) is 9.28. The van der Waals surface area contributed by atoms with Crippen molar-refractivity contribution in [2.24, 2.45) is 0 Å². The van der Waals surface area contributed by atoms with E-state index in [-0.39, 0.29) is 0 Å². The van der Waals surface area contributed by atoms with Gasteiger partial charge in [-0.15, -0.1) is 0 Å². The van der Waals surface area contributed by atoms with E-state index in [1.165, 1.54) is 21.9 Å². The SMILES string of the molecule is Cc1c(C)c2cncnc2c2ccccc12. The van der Waals surface area contributed by atoms with Gasteiger partial charge in [0.05, 0.1) is 5.52 Å². The van der Waals surface area contributed by atoms with E-state index in [1.54, 1.807) is 6.33 Å². The summed E-state index contributed by atoms with van der Waals surface area (Å²) in [6.07, 6.45) is 3.51. The van der Waals surface area contributed by atoms with E-state index in [0.29, 0.717) is 0 Å². The Bertz CT molecular complexity index is 626. The minimum Gasteiger partial charge on any atom is -0.244 e. The van der Waals surface area contributed by atoms with Crippen molar-refractivity contribution in [1.29, 1.82) is 0 Å². The van der Waals surface area contributed by atoms with Gasteiger partial charge in [-0.25, -0.2) is 9.97 Å². The molecule has 0 spiro atoms. The zero-order valence-electron chi connectivity index (χ0n) is 9.36. The van der Waals surface area contributed by atoms with Gasteiger partial charge in [0, 0.05) is 17.0 Å². The Hall–Kier alpha value is -1.96.